The molecule has 0 bridgehead atoms. The zero-order valence-corrected chi connectivity index (χ0v) is 11.7. The van der Waals surface area contributed by atoms with Crippen molar-refractivity contribution in [3.8, 4) is 0 Å². The Bertz CT molecular complexity index is 267. The van der Waals surface area contributed by atoms with Crippen LogP contribution in [0.4, 0.5) is 0 Å². The first-order valence-electron chi connectivity index (χ1n) is 6.17. The molecule has 0 aromatic carbocycles. The van der Waals surface area contributed by atoms with E-state index in [0.29, 0.717) is 19.6 Å². The molecule has 0 unspecified atom stereocenters. The maximum Gasteiger partial charge on any atom is 0.150 e. The Morgan fingerprint density at radius 2 is 1.88 bits per heavy atom. The van der Waals surface area contributed by atoms with E-state index in [2.05, 4.69) is 4.90 Å². The fourth-order valence-electron chi connectivity index (χ4n) is 1.44. The Balaban J connectivity index is 3.68. The van der Waals surface area contributed by atoms with Gasteiger partial charge in [0.15, 0.2) is 0 Å². The molecule has 0 aromatic heterocycles. The van der Waals surface area contributed by atoms with Crippen LogP contribution in [-0.4, -0.2) is 69.4 Å². The fraction of sp³-hybridized carbons (Fsp3) is 1.00. The third-order valence-electron chi connectivity index (χ3n) is 2.60. The predicted molar refractivity (Wildman–Crippen MR) is 69.0 cm³/mol. The smallest absolute Gasteiger partial charge is 0.150 e. The van der Waals surface area contributed by atoms with Gasteiger partial charge in [-0.1, -0.05) is 13.8 Å². The molecule has 0 saturated heterocycles. The molecular formula is C11H25NO4S. The summed E-state index contributed by atoms with van der Waals surface area (Å²) in [5.74, 6) is 0.482. The van der Waals surface area contributed by atoms with Gasteiger partial charge in [0.1, 0.15) is 9.84 Å². The zero-order chi connectivity index (χ0) is 13.1. The molecule has 104 valence electrons. The molecule has 0 atom stereocenters. The first kappa shape index (κ1) is 16.8. The molecule has 0 aliphatic carbocycles. The van der Waals surface area contributed by atoms with Crippen LogP contribution in [0.2, 0.25) is 0 Å². The summed E-state index contributed by atoms with van der Waals surface area (Å²) in [4.78, 5) is 2.16. The average molecular weight is 267 g/mol. The Morgan fingerprint density at radius 1 is 1.18 bits per heavy atom. The van der Waals surface area contributed by atoms with Gasteiger partial charge in [-0.05, 0) is 19.5 Å². The largest absolute Gasteiger partial charge is 0.394 e. The molecule has 0 aliphatic heterocycles. The number of likely N-dealkylation sites (N-methyl/N-ethyl adjacent to an activating group) is 1. The fourth-order valence-corrected chi connectivity index (χ4v) is 2.30. The van der Waals surface area contributed by atoms with Gasteiger partial charge in [-0.3, -0.25) is 0 Å². The van der Waals surface area contributed by atoms with E-state index in [1.54, 1.807) is 6.92 Å². The molecule has 0 heterocycles. The number of ether oxygens (including phenoxy) is 1. The molecule has 17 heavy (non-hydrogen) atoms. The average Bonchev–Trinajstić information content (AvgIpc) is 2.32. The number of hydrogen-bond donors (Lipinski definition) is 1. The molecule has 0 aromatic rings. The molecule has 0 radical (unpaired) electrons. The van der Waals surface area contributed by atoms with Crippen LogP contribution in [0.5, 0.6) is 0 Å². The van der Waals surface area contributed by atoms with E-state index >= 15 is 0 Å². The molecule has 5 nitrogen and oxygen atoms in total. The van der Waals surface area contributed by atoms with Crippen LogP contribution in [-0.2, 0) is 14.6 Å². The van der Waals surface area contributed by atoms with Crippen molar-refractivity contribution >= 4 is 9.84 Å². The van der Waals surface area contributed by atoms with Gasteiger partial charge in [0, 0.05) is 12.3 Å². The van der Waals surface area contributed by atoms with Gasteiger partial charge < -0.3 is 14.7 Å². The predicted octanol–water partition coefficient (Wildman–Crippen LogP) is 0.142. The first-order valence-corrected chi connectivity index (χ1v) is 7.99. The highest BCUT2D eigenvalue weighted by Crippen LogP contribution is 1.97. The van der Waals surface area contributed by atoms with Crippen LogP contribution in [0.25, 0.3) is 0 Å². The van der Waals surface area contributed by atoms with Crippen molar-refractivity contribution in [1.82, 2.24) is 4.90 Å². The lowest BCUT2D eigenvalue weighted by Gasteiger charge is -2.19. The SMILES string of the molecule is CCN(CCCS(=O)(=O)CC)CCOCCO. The topological polar surface area (TPSA) is 66.8 Å². The van der Waals surface area contributed by atoms with E-state index < -0.39 is 9.84 Å². The molecule has 0 amide bonds. The van der Waals surface area contributed by atoms with Gasteiger partial charge in [-0.2, -0.15) is 0 Å². The maximum absolute atomic E-state index is 11.3. The summed E-state index contributed by atoms with van der Waals surface area (Å²) >= 11 is 0. The van der Waals surface area contributed by atoms with Gasteiger partial charge >= 0.3 is 0 Å². The van der Waals surface area contributed by atoms with Crippen molar-refractivity contribution in [2.45, 2.75) is 20.3 Å². The highest BCUT2D eigenvalue weighted by atomic mass is 32.2. The van der Waals surface area contributed by atoms with Crippen molar-refractivity contribution in [3.63, 3.8) is 0 Å². The third-order valence-corrected chi connectivity index (χ3v) is 4.39. The van der Waals surface area contributed by atoms with Crippen molar-refractivity contribution in [3.05, 3.63) is 0 Å². The maximum atomic E-state index is 11.3. The summed E-state index contributed by atoms with van der Waals surface area (Å²) in [6.07, 6.45) is 0.671. The lowest BCUT2D eigenvalue weighted by molar-refractivity contribution is 0.0747. The second-order valence-corrected chi connectivity index (χ2v) is 6.33. The second kappa shape index (κ2) is 9.82. The van der Waals surface area contributed by atoms with Crippen LogP contribution >= 0.6 is 0 Å². The van der Waals surface area contributed by atoms with Crippen LogP contribution in [0.1, 0.15) is 20.3 Å². The van der Waals surface area contributed by atoms with E-state index in [-0.39, 0.29) is 18.1 Å². The minimum absolute atomic E-state index is 0.0425. The van der Waals surface area contributed by atoms with E-state index in [9.17, 15) is 8.42 Å². The summed E-state index contributed by atoms with van der Waals surface area (Å²) < 4.78 is 27.8. The van der Waals surface area contributed by atoms with Gasteiger partial charge in [-0.15, -0.1) is 0 Å². The summed E-state index contributed by atoms with van der Waals surface area (Å²) in [5, 5.41) is 8.54. The number of nitrogens with zero attached hydrogens (tertiary/aromatic N) is 1. The molecular weight excluding hydrogens is 242 g/mol. The lowest BCUT2D eigenvalue weighted by Crippen LogP contribution is -2.30. The summed E-state index contributed by atoms with van der Waals surface area (Å²) in [6, 6.07) is 0. The standard InChI is InChI=1S/C11H25NO4S/c1-3-12(7-9-16-10-8-13)6-5-11-17(14,15)4-2/h13H,3-11H2,1-2H3. The third kappa shape index (κ3) is 9.52. The Morgan fingerprint density at radius 3 is 2.41 bits per heavy atom. The van der Waals surface area contributed by atoms with Gasteiger partial charge in [0.2, 0.25) is 0 Å². The molecule has 0 rings (SSSR count). The molecule has 0 aliphatic rings. The van der Waals surface area contributed by atoms with Gasteiger partial charge in [0.25, 0.3) is 0 Å². The van der Waals surface area contributed by atoms with Crippen molar-refractivity contribution in [2.75, 3.05) is 51.0 Å². The zero-order valence-electron chi connectivity index (χ0n) is 10.9. The van der Waals surface area contributed by atoms with Crippen LogP contribution in [0.15, 0.2) is 0 Å². The Hall–Kier alpha value is -0.170. The Labute approximate surface area is 105 Å². The normalized spacial score (nSPS) is 12.2. The van der Waals surface area contributed by atoms with Crippen molar-refractivity contribution < 1.29 is 18.3 Å². The first-order chi connectivity index (χ1) is 8.05. The molecule has 1 N–H and O–H groups in total. The second-order valence-electron chi connectivity index (χ2n) is 3.86. The van der Waals surface area contributed by atoms with E-state index in [1.165, 1.54) is 0 Å². The van der Waals surface area contributed by atoms with Gasteiger partial charge in [0.05, 0.1) is 25.6 Å². The molecule has 0 spiro atoms. The summed E-state index contributed by atoms with van der Waals surface area (Å²) in [6.45, 7) is 7.14. The highest BCUT2D eigenvalue weighted by molar-refractivity contribution is 7.91. The van der Waals surface area contributed by atoms with Crippen molar-refractivity contribution in [2.24, 2.45) is 0 Å². The number of sulfone groups is 1. The molecule has 6 heteroatoms. The quantitative estimate of drug-likeness (QED) is 0.540. The number of aliphatic hydroxyl groups is 1. The minimum Gasteiger partial charge on any atom is -0.394 e. The highest BCUT2D eigenvalue weighted by Gasteiger charge is 2.08. The summed E-state index contributed by atoms with van der Waals surface area (Å²) in [7, 11) is -2.84. The van der Waals surface area contributed by atoms with Crippen LogP contribution in [0.3, 0.4) is 0 Å². The lowest BCUT2D eigenvalue weighted by atomic mass is 10.4. The minimum atomic E-state index is -2.84. The number of aliphatic hydroxyl groups excluding tert-OH is 1. The Kier molecular flexibility index (Phi) is 9.72. The van der Waals surface area contributed by atoms with Crippen LogP contribution in [0, 0.1) is 0 Å². The molecule has 0 fully saturated rings. The van der Waals surface area contributed by atoms with E-state index in [1.807, 2.05) is 6.92 Å². The van der Waals surface area contributed by atoms with Crippen molar-refractivity contribution in [1.29, 1.82) is 0 Å². The number of hydrogen-bond acceptors (Lipinski definition) is 5. The van der Waals surface area contributed by atoms with Gasteiger partial charge in [-0.25, -0.2) is 8.42 Å². The van der Waals surface area contributed by atoms with E-state index in [0.717, 1.165) is 19.6 Å². The van der Waals surface area contributed by atoms with Crippen LogP contribution < -0.4 is 0 Å². The monoisotopic (exact) mass is 267 g/mol. The number of rotatable bonds is 11. The molecule has 0 saturated carbocycles. The van der Waals surface area contributed by atoms with E-state index in [4.69, 9.17) is 9.84 Å². The summed E-state index contributed by atoms with van der Waals surface area (Å²) in [5.41, 5.74) is 0.